The summed E-state index contributed by atoms with van der Waals surface area (Å²) in [5.74, 6) is 0.512. The Balaban J connectivity index is 3.06. The number of benzene rings is 1. The smallest absolute Gasteiger partial charge is 0.0762 e. The van der Waals surface area contributed by atoms with Gasteiger partial charge in [0.1, 0.15) is 0 Å². The topological polar surface area (TPSA) is 20.2 Å². The van der Waals surface area contributed by atoms with Gasteiger partial charge in [0.15, 0.2) is 0 Å². The van der Waals surface area contributed by atoms with Crippen LogP contribution in [-0.4, -0.2) is 5.11 Å². The van der Waals surface area contributed by atoms with Crippen molar-refractivity contribution in [2.24, 2.45) is 0 Å². The first-order valence-electron chi connectivity index (χ1n) is 4.49. The van der Waals surface area contributed by atoms with Crippen molar-refractivity contribution in [3.05, 3.63) is 33.8 Å². The standard InChI is InChI=1S/C11H15BrO/c1-7(2)10-5-4-9(8(3)13)6-11(10)12/h4-8,13H,1-3H3. The SMILES string of the molecule is CC(C)c1ccc(C(C)O)cc1Br. The summed E-state index contributed by atoms with van der Waals surface area (Å²) in [6.07, 6.45) is -0.391. The predicted molar refractivity (Wildman–Crippen MR) is 58.9 cm³/mol. The molecule has 1 aromatic rings. The maximum Gasteiger partial charge on any atom is 0.0762 e. The average Bonchev–Trinajstić information content (AvgIpc) is 2.03. The van der Waals surface area contributed by atoms with E-state index in [9.17, 15) is 5.11 Å². The van der Waals surface area contributed by atoms with Gasteiger partial charge in [0.25, 0.3) is 0 Å². The van der Waals surface area contributed by atoms with Crippen LogP contribution in [-0.2, 0) is 0 Å². The van der Waals surface area contributed by atoms with Gasteiger partial charge in [-0.25, -0.2) is 0 Å². The van der Waals surface area contributed by atoms with Gasteiger partial charge in [0.2, 0.25) is 0 Å². The van der Waals surface area contributed by atoms with Crippen molar-refractivity contribution in [2.75, 3.05) is 0 Å². The van der Waals surface area contributed by atoms with Crippen LogP contribution >= 0.6 is 15.9 Å². The van der Waals surface area contributed by atoms with Crippen molar-refractivity contribution in [3.63, 3.8) is 0 Å². The van der Waals surface area contributed by atoms with Gasteiger partial charge in [0.05, 0.1) is 6.10 Å². The maximum absolute atomic E-state index is 9.36. The van der Waals surface area contributed by atoms with Crippen molar-refractivity contribution in [3.8, 4) is 0 Å². The summed E-state index contributed by atoms with van der Waals surface area (Å²) in [5, 5.41) is 9.36. The first-order chi connectivity index (χ1) is 6.02. The highest BCUT2D eigenvalue weighted by molar-refractivity contribution is 9.10. The predicted octanol–water partition coefficient (Wildman–Crippen LogP) is 3.63. The zero-order valence-corrected chi connectivity index (χ0v) is 9.80. The molecule has 0 bridgehead atoms. The summed E-state index contributed by atoms with van der Waals surface area (Å²) in [4.78, 5) is 0. The lowest BCUT2D eigenvalue weighted by Gasteiger charge is -2.11. The minimum atomic E-state index is -0.391. The Morgan fingerprint density at radius 2 is 1.85 bits per heavy atom. The van der Waals surface area contributed by atoms with Gasteiger partial charge < -0.3 is 5.11 Å². The fourth-order valence-electron chi connectivity index (χ4n) is 1.27. The van der Waals surface area contributed by atoms with Crippen molar-refractivity contribution < 1.29 is 5.11 Å². The van der Waals surface area contributed by atoms with Crippen LogP contribution in [0.4, 0.5) is 0 Å². The maximum atomic E-state index is 9.36. The average molecular weight is 243 g/mol. The van der Waals surface area contributed by atoms with Crippen molar-refractivity contribution in [2.45, 2.75) is 32.8 Å². The Kier molecular flexibility index (Phi) is 3.51. The van der Waals surface area contributed by atoms with Gasteiger partial charge in [-0.1, -0.05) is 41.9 Å². The molecule has 0 aliphatic carbocycles. The molecule has 0 saturated heterocycles. The lowest BCUT2D eigenvalue weighted by molar-refractivity contribution is 0.199. The van der Waals surface area contributed by atoms with Crippen LogP contribution in [0.15, 0.2) is 22.7 Å². The minimum Gasteiger partial charge on any atom is -0.389 e. The highest BCUT2D eigenvalue weighted by Crippen LogP contribution is 2.27. The third-order valence-corrected chi connectivity index (χ3v) is 2.82. The molecule has 2 heteroatoms. The second-order valence-electron chi connectivity index (χ2n) is 3.61. The van der Waals surface area contributed by atoms with E-state index in [1.807, 2.05) is 12.1 Å². The Hall–Kier alpha value is -0.340. The number of aliphatic hydroxyl groups is 1. The number of halogens is 1. The Labute approximate surface area is 87.9 Å². The first kappa shape index (κ1) is 10.7. The van der Waals surface area contributed by atoms with Gasteiger partial charge in [0, 0.05) is 4.47 Å². The van der Waals surface area contributed by atoms with Crippen LogP contribution in [0.5, 0.6) is 0 Å². The third-order valence-electron chi connectivity index (χ3n) is 2.13. The molecule has 0 saturated carbocycles. The van der Waals surface area contributed by atoms with E-state index < -0.39 is 6.10 Å². The van der Waals surface area contributed by atoms with Crippen LogP contribution in [0.25, 0.3) is 0 Å². The van der Waals surface area contributed by atoms with Crippen molar-refractivity contribution in [1.82, 2.24) is 0 Å². The van der Waals surface area contributed by atoms with Gasteiger partial charge >= 0.3 is 0 Å². The van der Waals surface area contributed by atoms with Gasteiger partial charge in [-0.15, -0.1) is 0 Å². The molecule has 1 unspecified atom stereocenters. The van der Waals surface area contributed by atoms with E-state index in [0.29, 0.717) is 5.92 Å². The van der Waals surface area contributed by atoms with E-state index in [1.54, 1.807) is 6.92 Å². The normalized spacial score (nSPS) is 13.4. The molecule has 0 aliphatic heterocycles. The molecule has 1 rings (SSSR count). The fraction of sp³-hybridized carbons (Fsp3) is 0.455. The second kappa shape index (κ2) is 4.25. The highest BCUT2D eigenvalue weighted by Gasteiger charge is 2.07. The largest absolute Gasteiger partial charge is 0.389 e. The lowest BCUT2D eigenvalue weighted by atomic mass is 10.0. The van der Waals surface area contributed by atoms with Crippen LogP contribution in [0.2, 0.25) is 0 Å². The zero-order valence-electron chi connectivity index (χ0n) is 8.21. The van der Waals surface area contributed by atoms with E-state index in [1.165, 1.54) is 5.56 Å². The zero-order chi connectivity index (χ0) is 10.0. The molecule has 13 heavy (non-hydrogen) atoms. The number of hydrogen-bond acceptors (Lipinski definition) is 1. The molecule has 0 fully saturated rings. The van der Waals surface area contributed by atoms with E-state index in [4.69, 9.17) is 0 Å². The summed E-state index contributed by atoms with van der Waals surface area (Å²) >= 11 is 3.50. The number of hydrogen-bond donors (Lipinski definition) is 1. The van der Waals surface area contributed by atoms with Gasteiger partial charge in [-0.2, -0.15) is 0 Å². The summed E-state index contributed by atoms with van der Waals surface area (Å²) in [6, 6.07) is 6.03. The van der Waals surface area contributed by atoms with E-state index in [2.05, 4.69) is 35.8 Å². The van der Waals surface area contributed by atoms with Gasteiger partial charge in [-0.05, 0) is 30.0 Å². The molecule has 72 valence electrons. The molecule has 0 heterocycles. The van der Waals surface area contributed by atoms with Crippen LogP contribution in [0, 0.1) is 0 Å². The van der Waals surface area contributed by atoms with Crippen molar-refractivity contribution >= 4 is 15.9 Å². The van der Waals surface area contributed by atoms with E-state index in [0.717, 1.165) is 10.0 Å². The summed E-state index contributed by atoms with van der Waals surface area (Å²) in [6.45, 7) is 6.08. The van der Waals surface area contributed by atoms with Gasteiger partial charge in [-0.3, -0.25) is 0 Å². The minimum absolute atomic E-state index is 0.391. The third kappa shape index (κ3) is 2.55. The molecule has 0 spiro atoms. The quantitative estimate of drug-likeness (QED) is 0.840. The monoisotopic (exact) mass is 242 g/mol. The fourth-order valence-corrected chi connectivity index (χ4v) is 2.13. The van der Waals surface area contributed by atoms with Crippen LogP contribution < -0.4 is 0 Å². The second-order valence-corrected chi connectivity index (χ2v) is 4.47. The summed E-state index contributed by atoms with van der Waals surface area (Å²) < 4.78 is 1.08. The van der Waals surface area contributed by atoms with E-state index >= 15 is 0 Å². The molecular formula is C11H15BrO. The van der Waals surface area contributed by atoms with Crippen molar-refractivity contribution in [1.29, 1.82) is 0 Å². The molecule has 1 nitrogen and oxygen atoms in total. The molecule has 1 N–H and O–H groups in total. The molecule has 0 aliphatic rings. The summed E-state index contributed by atoms with van der Waals surface area (Å²) in [7, 11) is 0. The Morgan fingerprint density at radius 1 is 1.23 bits per heavy atom. The Morgan fingerprint density at radius 3 is 2.23 bits per heavy atom. The number of aliphatic hydroxyl groups excluding tert-OH is 1. The first-order valence-corrected chi connectivity index (χ1v) is 5.29. The summed E-state index contributed by atoms with van der Waals surface area (Å²) in [5.41, 5.74) is 2.24. The lowest BCUT2D eigenvalue weighted by Crippen LogP contribution is -1.94. The Bertz CT molecular complexity index is 292. The number of rotatable bonds is 2. The molecule has 0 radical (unpaired) electrons. The van der Waals surface area contributed by atoms with E-state index in [-0.39, 0.29) is 0 Å². The molecule has 0 aromatic heterocycles. The molecule has 1 aromatic carbocycles. The molecule has 1 atom stereocenters. The van der Waals surface area contributed by atoms with Crippen LogP contribution in [0.1, 0.15) is 43.9 Å². The highest BCUT2D eigenvalue weighted by atomic mass is 79.9. The molecule has 0 amide bonds. The van der Waals surface area contributed by atoms with Crippen LogP contribution in [0.3, 0.4) is 0 Å². The molecular weight excluding hydrogens is 228 g/mol.